The molecule has 1 aliphatic heterocycles. The highest BCUT2D eigenvalue weighted by atomic mass is 35.5. The van der Waals surface area contributed by atoms with Crippen molar-refractivity contribution >= 4 is 52.2 Å². The zero-order valence-electron chi connectivity index (χ0n) is 17.8. The van der Waals surface area contributed by atoms with Gasteiger partial charge in [-0.15, -0.1) is 0 Å². The van der Waals surface area contributed by atoms with Gasteiger partial charge in [-0.3, -0.25) is 29.4 Å². The van der Waals surface area contributed by atoms with Gasteiger partial charge in [0.1, 0.15) is 10.8 Å². The topological polar surface area (TPSA) is 119 Å². The van der Waals surface area contributed by atoms with Crippen LogP contribution in [0.2, 0.25) is 5.02 Å². The van der Waals surface area contributed by atoms with Crippen LogP contribution in [0.3, 0.4) is 0 Å². The number of aryl methyl sites for hydroxylation is 2. The molecule has 11 heteroatoms. The lowest BCUT2D eigenvalue weighted by molar-refractivity contribution is -0.384. The van der Waals surface area contributed by atoms with E-state index in [1.165, 1.54) is 24.3 Å². The molecular formula is C22H20ClN3O6S. The number of benzene rings is 2. The fourth-order valence-electron chi connectivity index (χ4n) is 3.13. The quantitative estimate of drug-likeness (QED) is 0.337. The third-order valence-corrected chi connectivity index (χ3v) is 5.79. The Hall–Kier alpha value is -3.37. The summed E-state index contributed by atoms with van der Waals surface area (Å²) in [6.45, 7) is 3.71. The van der Waals surface area contributed by atoms with Gasteiger partial charge >= 0.3 is 0 Å². The zero-order valence-corrected chi connectivity index (χ0v) is 19.4. The molecule has 0 radical (unpaired) electrons. The molecule has 1 N–H and O–H groups in total. The average Bonchev–Trinajstić information content (AvgIpc) is 3.00. The van der Waals surface area contributed by atoms with E-state index in [0.29, 0.717) is 11.3 Å². The van der Waals surface area contributed by atoms with Gasteiger partial charge in [-0.25, -0.2) is 0 Å². The van der Waals surface area contributed by atoms with Crippen LogP contribution in [-0.2, 0) is 9.59 Å². The Morgan fingerprint density at radius 2 is 1.91 bits per heavy atom. The number of ether oxygens (including phenoxy) is 1. The van der Waals surface area contributed by atoms with Crippen LogP contribution in [0.5, 0.6) is 5.75 Å². The Kier molecular flexibility index (Phi) is 7.72. The predicted molar refractivity (Wildman–Crippen MR) is 125 cm³/mol. The third kappa shape index (κ3) is 6.33. The van der Waals surface area contributed by atoms with E-state index in [1.54, 1.807) is 0 Å². The molecule has 1 fully saturated rings. The molecule has 0 unspecified atom stereocenters. The summed E-state index contributed by atoms with van der Waals surface area (Å²) in [5, 5.41) is 13.1. The Balaban J connectivity index is 1.54. The van der Waals surface area contributed by atoms with Crippen LogP contribution in [0.15, 0.2) is 41.3 Å². The molecule has 0 bridgehead atoms. The number of nitrogens with zero attached hydrogens (tertiary/aromatic N) is 2. The molecule has 1 saturated heterocycles. The van der Waals surface area contributed by atoms with Crippen molar-refractivity contribution in [2.75, 3.05) is 19.7 Å². The summed E-state index contributed by atoms with van der Waals surface area (Å²) in [5.41, 5.74) is 2.11. The molecule has 172 valence electrons. The molecule has 1 aliphatic rings. The number of carbonyl (C=O) groups excluding carboxylic acids is 3. The second-order valence-electron chi connectivity index (χ2n) is 7.26. The maximum absolute atomic E-state index is 12.6. The summed E-state index contributed by atoms with van der Waals surface area (Å²) in [7, 11) is 0. The van der Waals surface area contributed by atoms with Gasteiger partial charge < -0.3 is 10.1 Å². The van der Waals surface area contributed by atoms with Crippen molar-refractivity contribution in [3.8, 4) is 5.75 Å². The van der Waals surface area contributed by atoms with Crippen molar-refractivity contribution in [3.63, 3.8) is 0 Å². The van der Waals surface area contributed by atoms with Crippen molar-refractivity contribution in [2.45, 2.75) is 13.8 Å². The van der Waals surface area contributed by atoms with Crippen LogP contribution >= 0.6 is 23.4 Å². The lowest BCUT2D eigenvalue weighted by Crippen LogP contribution is -2.38. The first-order valence-electron chi connectivity index (χ1n) is 9.81. The van der Waals surface area contributed by atoms with Gasteiger partial charge in [0.2, 0.25) is 0 Å². The smallest absolute Gasteiger partial charge is 0.293 e. The fraction of sp³-hybridized carbons (Fsp3) is 0.227. The summed E-state index contributed by atoms with van der Waals surface area (Å²) in [5.74, 6) is -0.338. The number of carbonyl (C=O) groups is 3. The number of nitrogens with one attached hydrogen (secondary N) is 1. The Bertz CT molecular complexity index is 1150. The van der Waals surface area contributed by atoms with Crippen LogP contribution < -0.4 is 10.1 Å². The molecule has 2 aromatic carbocycles. The minimum absolute atomic E-state index is 0.0158. The highest BCUT2D eigenvalue weighted by Crippen LogP contribution is 2.33. The maximum atomic E-state index is 12.6. The number of amides is 3. The highest BCUT2D eigenvalue weighted by Gasteiger charge is 2.34. The summed E-state index contributed by atoms with van der Waals surface area (Å²) in [6, 6.07) is 9.73. The van der Waals surface area contributed by atoms with Gasteiger partial charge in [0, 0.05) is 19.2 Å². The lowest BCUT2D eigenvalue weighted by Gasteiger charge is -2.13. The SMILES string of the molecule is Cc1cc(C)cc(OCC(=O)NCCN2C(=O)S/C(=C\c3ccc(Cl)c([N+](=O)[O-])c3)C2=O)c1. The van der Waals surface area contributed by atoms with Gasteiger partial charge in [-0.1, -0.05) is 23.7 Å². The van der Waals surface area contributed by atoms with Gasteiger partial charge in [0.25, 0.3) is 22.7 Å². The molecule has 0 atom stereocenters. The summed E-state index contributed by atoms with van der Waals surface area (Å²) < 4.78 is 5.48. The summed E-state index contributed by atoms with van der Waals surface area (Å²) in [4.78, 5) is 48.4. The van der Waals surface area contributed by atoms with E-state index in [4.69, 9.17) is 16.3 Å². The molecule has 33 heavy (non-hydrogen) atoms. The number of halogens is 1. The Labute approximate surface area is 198 Å². The van der Waals surface area contributed by atoms with Gasteiger partial charge in [0.05, 0.1) is 9.83 Å². The van der Waals surface area contributed by atoms with Crippen LogP contribution in [0.4, 0.5) is 10.5 Å². The molecule has 1 heterocycles. The number of thioether (sulfide) groups is 1. The van der Waals surface area contributed by atoms with E-state index in [-0.39, 0.29) is 41.2 Å². The van der Waals surface area contributed by atoms with Crippen molar-refractivity contribution in [3.05, 3.63) is 73.1 Å². The average molecular weight is 490 g/mol. The van der Waals surface area contributed by atoms with E-state index in [0.717, 1.165) is 27.8 Å². The zero-order chi connectivity index (χ0) is 24.1. The van der Waals surface area contributed by atoms with Crippen LogP contribution in [0.25, 0.3) is 6.08 Å². The first-order chi connectivity index (χ1) is 15.6. The Morgan fingerprint density at radius 1 is 1.21 bits per heavy atom. The predicted octanol–water partition coefficient (Wildman–Crippen LogP) is 4.10. The van der Waals surface area contributed by atoms with Crippen molar-refractivity contribution in [1.29, 1.82) is 0 Å². The number of hydrogen-bond acceptors (Lipinski definition) is 7. The monoisotopic (exact) mass is 489 g/mol. The Morgan fingerprint density at radius 3 is 2.58 bits per heavy atom. The van der Waals surface area contributed by atoms with Crippen molar-refractivity contribution in [2.24, 2.45) is 0 Å². The molecule has 3 rings (SSSR count). The maximum Gasteiger partial charge on any atom is 0.293 e. The molecular weight excluding hydrogens is 470 g/mol. The first kappa shape index (κ1) is 24.3. The van der Waals surface area contributed by atoms with E-state index in [1.807, 2.05) is 32.0 Å². The van der Waals surface area contributed by atoms with Gasteiger partial charge in [-0.2, -0.15) is 0 Å². The largest absolute Gasteiger partial charge is 0.484 e. The number of nitro benzene ring substituents is 1. The van der Waals surface area contributed by atoms with Gasteiger partial charge in [-0.05, 0) is 66.6 Å². The van der Waals surface area contributed by atoms with Crippen LogP contribution in [0.1, 0.15) is 16.7 Å². The number of rotatable bonds is 8. The molecule has 9 nitrogen and oxygen atoms in total. The van der Waals surface area contributed by atoms with E-state index < -0.39 is 16.1 Å². The third-order valence-electron chi connectivity index (χ3n) is 4.56. The summed E-state index contributed by atoms with van der Waals surface area (Å²) in [6.07, 6.45) is 1.39. The fourth-order valence-corrected chi connectivity index (χ4v) is 4.18. The van der Waals surface area contributed by atoms with Crippen LogP contribution in [0, 0.1) is 24.0 Å². The second-order valence-corrected chi connectivity index (χ2v) is 8.66. The van der Waals surface area contributed by atoms with E-state index in [9.17, 15) is 24.5 Å². The molecule has 0 saturated carbocycles. The first-order valence-corrected chi connectivity index (χ1v) is 11.0. The number of hydrogen-bond donors (Lipinski definition) is 1. The molecule has 3 amide bonds. The minimum Gasteiger partial charge on any atom is -0.484 e. The van der Waals surface area contributed by atoms with Gasteiger partial charge in [0.15, 0.2) is 6.61 Å². The van der Waals surface area contributed by atoms with Crippen LogP contribution in [-0.4, -0.2) is 46.6 Å². The second kappa shape index (κ2) is 10.5. The molecule has 0 aliphatic carbocycles. The van der Waals surface area contributed by atoms with E-state index >= 15 is 0 Å². The van der Waals surface area contributed by atoms with Crippen molar-refractivity contribution in [1.82, 2.24) is 10.2 Å². The minimum atomic E-state index is -0.627. The number of imide groups is 1. The standard InChI is InChI=1S/C22H20ClN3O6S/c1-13-7-14(2)9-16(8-13)32-12-20(27)24-5-6-25-21(28)19(33-22(25)29)11-15-3-4-17(23)18(10-15)26(30)31/h3-4,7-11H,5-6,12H2,1-2H3,(H,24,27)/b19-11-. The summed E-state index contributed by atoms with van der Waals surface area (Å²) >= 11 is 6.52. The molecule has 0 aromatic heterocycles. The lowest BCUT2D eigenvalue weighted by atomic mass is 10.1. The highest BCUT2D eigenvalue weighted by molar-refractivity contribution is 8.18. The molecule has 0 spiro atoms. The molecule has 2 aromatic rings. The normalized spacial score (nSPS) is 14.6. The number of nitro groups is 1. The van der Waals surface area contributed by atoms with Crippen molar-refractivity contribution < 1.29 is 24.0 Å². The van der Waals surface area contributed by atoms with E-state index in [2.05, 4.69) is 5.32 Å².